The van der Waals surface area contributed by atoms with Crippen LogP contribution in [0.1, 0.15) is 44.2 Å². The van der Waals surface area contributed by atoms with E-state index in [1.54, 1.807) is 4.90 Å². The van der Waals surface area contributed by atoms with E-state index in [0.29, 0.717) is 19.5 Å². The predicted octanol–water partition coefficient (Wildman–Crippen LogP) is 3.42. The highest BCUT2D eigenvalue weighted by Gasteiger charge is 2.37. The Morgan fingerprint density at radius 3 is 2.57 bits per heavy atom. The van der Waals surface area contributed by atoms with Crippen molar-refractivity contribution in [2.75, 3.05) is 13.1 Å². The lowest BCUT2D eigenvalue weighted by molar-refractivity contribution is -0.144. The van der Waals surface area contributed by atoms with Crippen LogP contribution in [0.2, 0.25) is 0 Å². The molecular weight excluding hydrogens is 294 g/mol. The van der Waals surface area contributed by atoms with Crippen molar-refractivity contribution >= 4 is 12.1 Å². The molecule has 1 aromatic carbocycles. The molecule has 1 amide bonds. The van der Waals surface area contributed by atoms with E-state index >= 15 is 0 Å². The number of aliphatic carboxylic acids is 1. The summed E-state index contributed by atoms with van der Waals surface area (Å²) in [4.78, 5) is 25.5. The number of carbonyl (C=O) groups is 2. The summed E-state index contributed by atoms with van der Waals surface area (Å²) in [6.07, 6.45) is 0.0617. The van der Waals surface area contributed by atoms with Crippen LogP contribution in [0.15, 0.2) is 24.3 Å². The molecule has 1 N–H and O–H groups in total. The van der Waals surface area contributed by atoms with Crippen molar-refractivity contribution in [3.63, 3.8) is 0 Å². The summed E-state index contributed by atoms with van der Waals surface area (Å²) < 4.78 is 5.42. The SMILES string of the molecule is Cc1cccc([C@@H]2CN(C(=O)OC(C)(C)C)CCC2C(=O)O)c1. The molecule has 0 aromatic heterocycles. The Balaban J connectivity index is 2.21. The van der Waals surface area contributed by atoms with Crippen LogP contribution < -0.4 is 0 Å². The minimum atomic E-state index is -0.805. The van der Waals surface area contributed by atoms with Crippen molar-refractivity contribution < 1.29 is 19.4 Å². The number of hydrogen-bond donors (Lipinski definition) is 1. The molecule has 5 heteroatoms. The van der Waals surface area contributed by atoms with Crippen LogP contribution in [0.5, 0.6) is 0 Å². The monoisotopic (exact) mass is 319 g/mol. The summed E-state index contributed by atoms with van der Waals surface area (Å²) in [5.41, 5.74) is 1.49. The lowest BCUT2D eigenvalue weighted by atomic mass is 9.80. The molecule has 126 valence electrons. The van der Waals surface area contributed by atoms with Gasteiger partial charge in [0.1, 0.15) is 5.60 Å². The van der Waals surface area contributed by atoms with Gasteiger partial charge in [-0.3, -0.25) is 4.79 Å². The van der Waals surface area contributed by atoms with Crippen LogP contribution in [0, 0.1) is 12.8 Å². The van der Waals surface area contributed by atoms with Gasteiger partial charge in [-0.25, -0.2) is 4.79 Å². The summed E-state index contributed by atoms with van der Waals surface area (Å²) in [6.45, 7) is 8.24. The summed E-state index contributed by atoms with van der Waals surface area (Å²) in [5, 5.41) is 9.52. The molecule has 2 atom stereocenters. The first-order valence-electron chi connectivity index (χ1n) is 7.94. The maximum Gasteiger partial charge on any atom is 0.410 e. The van der Waals surface area contributed by atoms with Crippen molar-refractivity contribution in [3.05, 3.63) is 35.4 Å². The van der Waals surface area contributed by atoms with Crippen LogP contribution in [0.25, 0.3) is 0 Å². The van der Waals surface area contributed by atoms with Crippen LogP contribution in [0.4, 0.5) is 4.79 Å². The molecule has 0 spiro atoms. The first kappa shape index (κ1) is 17.3. The Hall–Kier alpha value is -2.04. The van der Waals surface area contributed by atoms with E-state index in [-0.39, 0.29) is 12.0 Å². The van der Waals surface area contributed by atoms with Crippen LogP contribution in [-0.4, -0.2) is 40.8 Å². The van der Waals surface area contributed by atoms with Gasteiger partial charge in [-0.05, 0) is 39.7 Å². The number of aryl methyl sites for hydroxylation is 1. The van der Waals surface area contributed by atoms with E-state index < -0.39 is 17.5 Å². The van der Waals surface area contributed by atoms with E-state index in [4.69, 9.17) is 4.74 Å². The van der Waals surface area contributed by atoms with Crippen molar-refractivity contribution in [2.24, 2.45) is 5.92 Å². The minimum Gasteiger partial charge on any atom is -0.481 e. The minimum absolute atomic E-state index is 0.214. The summed E-state index contributed by atoms with van der Waals surface area (Å²) in [6, 6.07) is 7.84. The second kappa shape index (κ2) is 6.60. The molecule has 1 aromatic rings. The van der Waals surface area contributed by atoms with E-state index in [2.05, 4.69) is 0 Å². The number of hydrogen-bond acceptors (Lipinski definition) is 3. The number of ether oxygens (including phenoxy) is 1. The average molecular weight is 319 g/mol. The zero-order valence-corrected chi connectivity index (χ0v) is 14.2. The Morgan fingerprint density at radius 1 is 1.30 bits per heavy atom. The predicted molar refractivity (Wildman–Crippen MR) is 87.5 cm³/mol. The zero-order valence-electron chi connectivity index (χ0n) is 14.2. The zero-order chi connectivity index (χ0) is 17.2. The fraction of sp³-hybridized carbons (Fsp3) is 0.556. The largest absolute Gasteiger partial charge is 0.481 e. The van der Waals surface area contributed by atoms with Gasteiger partial charge in [-0.2, -0.15) is 0 Å². The fourth-order valence-electron chi connectivity index (χ4n) is 2.98. The number of carboxylic acid groups (broad SMARTS) is 1. The van der Waals surface area contributed by atoms with Gasteiger partial charge in [0.25, 0.3) is 0 Å². The molecule has 1 aliphatic heterocycles. The van der Waals surface area contributed by atoms with Crippen molar-refractivity contribution in [1.82, 2.24) is 4.90 Å². The Bertz CT molecular complexity index is 591. The van der Waals surface area contributed by atoms with Crippen molar-refractivity contribution in [3.8, 4) is 0 Å². The number of piperidine rings is 1. The molecule has 0 aliphatic carbocycles. The summed E-state index contributed by atoms with van der Waals surface area (Å²) >= 11 is 0. The molecule has 1 unspecified atom stereocenters. The molecule has 5 nitrogen and oxygen atoms in total. The van der Waals surface area contributed by atoms with Crippen LogP contribution in [0.3, 0.4) is 0 Å². The molecular formula is C18H25NO4. The van der Waals surface area contributed by atoms with E-state index in [0.717, 1.165) is 11.1 Å². The number of carbonyl (C=O) groups excluding carboxylic acids is 1. The van der Waals surface area contributed by atoms with E-state index in [9.17, 15) is 14.7 Å². The molecule has 0 saturated carbocycles. The number of benzene rings is 1. The molecule has 1 fully saturated rings. The highest BCUT2D eigenvalue weighted by molar-refractivity contribution is 5.73. The molecule has 1 saturated heterocycles. The lowest BCUT2D eigenvalue weighted by Crippen LogP contribution is -2.46. The third kappa shape index (κ3) is 4.47. The maximum absolute atomic E-state index is 12.3. The summed E-state index contributed by atoms with van der Waals surface area (Å²) in [7, 11) is 0. The quantitative estimate of drug-likeness (QED) is 0.907. The Labute approximate surface area is 137 Å². The van der Waals surface area contributed by atoms with E-state index in [1.807, 2.05) is 52.0 Å². The molecule has 0 bridgehead atoms. The van der Waals surface area contributed by atoms with Gasteiger partial charge in [0.2, 0.25) is 0 Å². The normalized spacial score (nSPS) is 21.8. The lowest BCUT2D eigenvalue weighted by Gasteiger charge is -2.37. The van der Waals surface area contributed by atoms with Crippen molar-refractivity contribution in [2.45, 2.75) is 45.6 Å². The molecule has 0 radical (unpaired) electrons. The average Bonchev–Trinajstić information content (AvgIpc) is 2.44. The van der Waals surface area contributed by atoms with Crippen molar-refractivity contribution in [1.29, 1.82) is 0 Å². The first-order chi connectivity index (χ1) is 10.7. The first-order valence-corrected chi connectivity index (χ1v) is 7.94. The maximum atomic E-state index is 12.3. The molecule has 1 aliphatic rings. The van der Waals surface area contributed by atoms with Crippen LogP contribution in [-0.2, 0) is 9.53 Å². The highest BCUT2D eigenvalue weighted by atomic mass is 16.6. The fourth-order valence-corrected chi connectivity index (χ4v) is 2.98. The number of carboxylic acids is 1. The second-order valence-electron chi connectivity index (χ2n) is 7.18. The molecule has 2 rings (SSSR count). The van der Waals surface area contributed by atoms with Gasteiger partial charge in [0, 0.05) is 19.0 Å². The Kier molecular flexibility index (Phi) is 4.97. The van der Waals surface area contributed by atoms with Gasteiger partial charge in [0.15, 0.2) is 0 Å². The van der Waals surface area contributed by atoms with Gasteiger partial charge in [0.05, 0.1) is 5.92 Å². The topological polar surface area (TPSA) is 66.8 Å². The van der Waals surface area contributed by atoms with Gasteiger partial charge in [-0.1, -0.05) is 29.8 Å². The third-order valence-corrected chi connectivity index (χ3v) is 4.05. The smallest absolute Gasteiger partial charge is 0.410 e. The van der Waals surface area contributed by atoms with Gasteiger partial charge < -0.3 is 14.7 Å². The number of likely N-dealkylation sites (tertiary alicyclic amines) is 1. The standard InChI is InChI=1S/C18H25NO4/c1-12-6-5-7-13(10-12)15-11-19(9-8-14(15)16(20)21)17(22)23-18(2,3)4/h5-7,10,14-15H,8-9,11H2,1-4H3,(H,20,21)/t14?,15-/m0/s1. The number of nitrogens with zero attached hydrogens (tertiary/aromatic N) is 1. The third-order valence-electron chi connectivity index (χ3n) is 4.05. The van der Waals surface area contributed by atoms with Crippen LogP contribution >= 0.6 is 0 Å². The number of rotatable bonds is 2. The van der Waals surface area contributed by atoms with Gasteiger partial charge >= 0.3 is 12.1 Å². The molecule has 23 heavy (non-hydrogen) atoms. The summed E-state index contributed by atoms with van der Waals surface area (Å²) in [5.74, 6) is -1.50. The van der Waals surface area contributed by atoms with Gasteiger partial charge in [-0.15, -0.1) is 0 Å². The number of amides is 1. The molecule has 1 heterocycles. The van der Waals surface area contributed by atoms with E-state index in [1.165, 1.54) is 0 Å². The Morgan fingerprint density at radius 2 is 2.00 bits per heavy atom. The highest BCUT2D eigenvalue weighted by Crippen LogP contribution is 2.33. The second-order valence-corrected chi connectivity index (χ2v) is 7.18.